The molecule has 1 aliphatic heterocycles. The highest BCUT2D eigenvalue weighted by Gasteiger charge is 2.29. The van der Waals surface area contributed by atoms with Crippen molar-refractivity contribution < 1.29 is 18.8 Å². The number of anilines is 1. The van der Waals surface area contributed by atoms with Gasteiger partial charge in [0.05, 0.1) is 29.9 Å². The van der Waals surface area contributed by atoms with Gasteiger partial charge in [-0.05, 0) is 24.3 Å². The predicted octanol–water partition coefficient (Wildman–Crippen LogP) is 4.91. The summed E-state index contributed by atoms with van der Waals surface area (Å²) in [7, 11) is 0. The van der Waals surface area contributed by atoms with Gasteiger partial charge in [0.1, 0.15) is 17.8 Å². The topological polar surface area (TPSA) is 115 Å². The van der Waals surface area contributed by atoms with Crippen LogP contribution in [-0.4, -0.2) is 36.5 Å². The summed E-state index contributed by atoms with van der Waals surface area (Å²) in [6, 6.07) is 8.63. The van der Waals surface area contributed by atoms with Crippen LogP contribution in [0, 0.1) is 5.92 Å². The van der Waals surface area contributed by atoms with Gasteiger partial charge < -0.3 is 14.2 Å². The second kappa shape index (κ2) is 8.86. The fourth-order valence-electron chi connectivity index (χ4n) is 4.02. The molecule has 2 amide bonds. The van der Waals surface area contributed by atoms with Gasteiger partial charge in [-0.1, -0.05) is 32.9 Å². The zero-order valence-electron chi connectivity index (χ0n) is 20.0. The first-order chi connectivity index (χ1) is 16.8. The Morgan fingerprint density at radius 3 is 2.66 bits per heavy atom. The molecule has 0 bridgehead atoms. The Kier molecular flexibility index (Phi) is 5.72. The molecule has 0 radical (unpaired) electrons. The minimum atomic E-state index is -0.346. The Morgan fingerprint density at radius 1 is 1.09 bits per heavy atom. The summed E-state index contributed by atoms with van der Waals surface area (Å²) in [4.78, 5) is 35.6. The lowest BCUT2D eigenvalue weighted by Crippen LogP contribution is -2.29. The largest absolute Gasteiger partial charge is 0.439 e. The summed E-state index contributed by atoms with van der Waals surface area (Å²) in [5, 5.41) is 7.48. The Hall–Kier alpha value is -4.21. The first kappa shape index (κ1) is 22.6. The number of aromatic nitrogens is 4. The van der Waals surface area contributed by atoms with Crippen molar-refractivity contribution in [2.75, 3.05) is 5.32 Å². The van der Waals surface area contributed by atoms with Gasteiger partial charge in [0, 0.05) is 29.5 Å². The monoisotopic (exact) mass is 474 g/mol. The zero-order valence-corrected chi connectivity index (χ0v) is 20.0. The van der Waals surface area contributed by atoms with Crippen LogP contribution in [0.25, 0.3) is 10.9 Å². The van der Waals surface area contributed by atoms with Crippen molar-refractivity contribution in [1.29, 1.82) is 0 Å². The normalized spacial score (nSPS) is 13.0. The number of benzene rings is 1. The molecule has 4 heterocycles. The standard InChI is InChI=1S/C25H26N6O4/c1-14(2)21-10-22(29-35-21)28-25(33)31-8-7-16-9-17(5-6-20(16)31)34-23-18-11-30(24(32)15(3)4)12-19(18)26-13-27-23/h5-10,13-15H,11-12H2,1-4H3,(H,28,29,33). The molecule has 10 heteroatoms. The number of hydrogen-bond donors (Lipinski definition) is 1. The summed E-state index contributed by atoms with van der Waals surface area (Å²) in [5.74, 6) is 2.22. The van der Waals surface area contributed by atoms with Crippen LogP contribution in [0.5, 0.6) is 11.6 Å². The molecule has 0 atom stereocenters. The molecule has 0 aliphatic carbocycles. The molecule has 0 saturated carbocycles. The predicted molar refractivity (Wildman–Crippen MR) is 128 cm³/mol. The fourth-order valence-corrected chi connectivity index (χ4v) is 4.02. The van der Waals surface area contributed by atoms with Gasteiger partial charge in [-0.2, -0.15) is 0 Å². The maximum absolute atomic E-state index is 12.8. The number of nitrogens with zero attached hydrogens (tertiary/aromatic N) is 5. The second-order valence-electron chi connectivity index (χ2n) is 9.16. The third-order valence-corrected chi connectivity index (χ3v) is 5.92. The average Bonchev–Trinajstić information content (AvgIpc) is 3.56. The van der Waals surface area contributed by atoms with Crippen LogP contribution in [0.3, 0.4) is 0 Å². The second-order valence-corrected chi connectivity index (χ2v) is 9.16. The third-order valence-electron chi connectivity index (χ3n) is 5.92. The summed E-state index contributed by atoms with van der Waals surface area (Å²) < 4.78 is 12.8. The van der Waals surface area contributed by atoms with Crippen molar-refractivity contribution in [3.63, 3.8) is 0 Å². The number of ether oxygens (including phenoxy) is 1. The molecule has 35 heavy (non-hydrogen) atoms. The summed E-state index contributed by atoms with van der Waals surface area (Å²) >= 11 is 0. The Bertz CT molecular complexity index is 1420. The van der Waals surface area contributed by atoms with E-state index in [9.17, 15) is 9.59 Å². The van der Waals surface area contributed by atoms with Gasteiger partial charge in [0.2, 0.25) is 11.8 Å². The van der Waals surface area contributed by atoms with E-state index in [2.05, 4.69) is 20.4 Å². The molecule has 1 N–H and O–H groups in total. The third kappa shape index (κ3) is 4.34. The van der Waals surface area contributed by atoms with Gasteiger partial charge in [-0.3, -0.25) is 14.7 Å². The van der Waals surface area contributed by atoms with Crippen LogP contribution in [0.1, 0.15) is 50.6 Å². The number of rotatable bonds is 5. The van der Waals surface area contributed by atoms with Crippen molar-refractivity contribution in [3.8, 4) is 11.6 Å². The first-order valence-electron chi connectivity index (χ1n) is 11.5. The lowest BCUT2D eigenvalue weighted by molar-refractivity contribution is -0.135. The van der Waals surface area contributed by atoms with E-state index in [1.54, 1.807) is 23.2 Å². The molecular formula is C25H26N6O4. The molecule has 1 aromatic carbocycles. The first-order valence-corrected chi connectivity index (χ1v) is 11.5. The van der Waals surface area contributed by atoms with Gasteiger partial charge >= 0.3 is 6.03 Å². The number of hydrogen-bond acceptors (Lipinski definition) is 7. The molecule has 3 aromatic heterocycles. The molecule has 5 rings (SSSR count). The van der Waals surface area contributed by atoms with Crippen molar-refractivity contribution in [1.82, 2.24) is 24.6 Å². The zero-order chi connectivity index (χ0) is 24.7. The van der Waals surface area contributed by atoms with Crippen LogP contribution in [-0.2, 0) is 17.9 Å². The molecule has 1 aliphatic rings. The van der Waals surface area contributed by atoms with E-state index < -0.39 is 0 Å². The van der Waals surface area contributed by atoms with Gasteiger partial charge in [0.25, 0.3) is 0 Å². The van der Waals surface area contributed by atoms with Gasteiger partial charge in [-0.15, -0.1) is 0 Å². The molecule has 0 spiro atoms. The minimum absolute atomic E-state index is 0.0704. The van der Waals surface area contributed by atoms with E-state index in [4.69, 9.17) is 9.26 Å². The number of nitrogens with one attached hydrogen (secondary N) is 1. The number of carbonyl (C=O) groups is 2. The summed E-state index contributed by atoms with van der Waals surface area (Å²) in [6.45, 7) is 8.61. The van der Waals surface area contributed by atoms with Crippen LogP contribution in [0.4, 0.5) is 10.6 Å². The highest BCUT2D eigenvalue weighted by molar-refractivity contribution is 5.98. The Morgan fingerprint density at radius 2 is 1.91 bits per heavy atom. The highest BCUT2D eigenvalue weighted by Crippen LogP contribution is 2.32. The summed E-state index contributed by atoms with van der Waals surface area (Å²) in [5.41, 5.74) is 2.32. The number of carbonyl (C=O) groups excluding carboxylic acids is 2. The number of amides is 2. The molecule has 0 unspecified atom stereocenters. The van der Waals surface area contributed by atoms with E-state index in [0.717, 1.165) is 16.6 Å². The Balaban J connectivity index is 1.34. The molecular weight excluding hydrogens is 448 g/mol. The van der Waals surface area contributed by atoms with Crippen LogP contribution < -0.4 is 10.1 Å². The smallest absolute Gasteiger partial charge is 0.331 e. The molecule has 4 aromatic rings. The van der Waals surface area contributed by atoms with Crippen molar-refractivity contribution in [2.45, 2.75) is 46.7 Å². The highest BCUT2D eigenvalue weighted by atomic mass is 16.5. The molecule has 0 fully saturated rings. The lowest BCUT2D eigenvalue weighted by Gasteiger charge is -2.17. The van der Waals surface area contributed by atoms with E-state index in [1.807, 2.05) is 45.9 Å². The van der Waals surface area contributed by atoms with Gasteiger partial charge in [0.15, 0.2) is 5.82 Å². The lowest BCUT2D eigenvalue weighted by atomic mass is 10.2. The average molecular weight is 475 g/mol. The van der Waals surface area contributed by atoms with Crippen LogP contribution in [0.2, 0.25) is 0 Å². The Labute approximate surface area is 201 Å². The molecule has 180 valence electrons. The quantitative estimate of drug-likeness (QED) is 0.437. The van der Waals surface area contributed by atoms with Crippen LogP contribution in [0.15, 0.2) is 47.4 Å². The van der Waals surface area contributed by atoms with E-state index in [0.29, 0.717) is 41.8 Å². The molecule has 0 saturated heterocycles. The summed E-state index contributed by atoms with van der Waals surface area (Å²) in [6.07, 6.45) is 3.14. The minimum Gasteiger partial charge on any atom is -0.439 e. The van der Waals surface area contributed by atoms with Crippen molar-refractivity contribution in [2.24, 2.45) is 5.92 Å². The van der Waals surface area contributed by atoms with E-state index in [-0.39, 0.29) is 23.8 Å². The number of fused-ring (bicyclic) bond motifs is 2. The maximum atomic E-state index is 12.8. The fraction of sp³-hybridized carbons (Fsp3) is 0.320. The van der Waals surface area contributed by atoms with E-state index >= 15 is 0 Å². The maximum Gasteiger partial charge on any atom is 0.331 e. The molecule has 10 nitrogen and oxygen atoms in total. The van der Waals surface area contributed by atoms with Crippen molar-refractivity contribution >= 4 is 28.7 Å². The van der Waals surface area contributed by atoms with E-state index in [1.165, 1.54) is 10.9 Å². The SMILES string of the molecule is CC(C)C(=O)N1Cc2ncnc(Oc3ccc4c(ccn4C(=O)Nc4cc(C(C)C)on4)c3)c2C1. The van der Waals surface area contributed by atoms with Crippen LogP contribution >= 0.6 is 0 Å². The van der Waals surface area contributed by atoms with Crippen molar-refractivity contribution in [3.05, 3.63) is 59.9 Å². The van der Waals surface area contributed by atoms with Gasteiger partial charge in [-0.25, -0.2) is 14.8 Å².